The van der Waals surface area contributed by atoms with E-state index >= 15 is 0 Å². The van der Waals surface area contributed by atoms with Crippen LogP contribution in [-0.2, 0) is 42.8 Å². The van der Waals surface area contributed by atoms with Gasteiger partial charge in [-0.2, -0.15) is 0 Å². The van der Waals surface area contributed by atoms with Crippen LogP contribution in [0.2, 0.25) is 0 Å². The average Bonchev–Trinajstić information content (AvgIpc) is 3.07. The molecule has 0 unspecified atom stereocenters. The molecule has 5 atom stereocenters. The fourth-order valence-corrected chi connectivity index (χ4v) is 3.35. The van der Waals surface area contributed by atoms with Crippen LogP contribution < -0.4 is 0 Å². The minimum absolute atomic E-state index is 0.0366. The van der Waals surface area contributed by atoms with Gasteiger partial charge in [0.1, 0.15) is 12.2 Å². The second-order valence-electron chi connectivity index (χ2n) is 6.50. The predicted octanol–water partition coefficient (Wildman–Crippen LogP) is 0.0858. The van der Waals surface area contributed by atoms with Gasteiger partial charge < -0.3 is 28.4 Å². The van der Waals surface area contributed by atoms with Crippen LogP contribution in [-0.4, -0.2) is 66.9 Å². The van der Waals surface area contributed by atoms with Crippen molar-refractivity contribution in [2.45, 2.75) is 70.1 Å². The van der Waals surface area contributed by atoms with E-state index in [4.69, 9.17) is 28.4 Å². The van der Waals surface area contributed by atoms with E-state index in [9.17, 15) is 14.4 Å². The minimum atomic E-state index is -2.08. The van der Waals surface area contributed by atoms with Crippen molar-refractivity contribution >= 4 is 17.7 Å². The van der Waals surface area contributed by atoms with Crippen molar-refractivity contribution in [2.75, 3.05) is 13.2 Å². The Balaban J connectivity index is 1.86. The second-order valence-corrected chi connectivity index (χ2v) is 6.50. The second kappa shape index (κ2) is 6.31. The maximum absolute atomic E-state index is 12.9. The Labute approximate surface area is 144 Å². The van der Waals surface area contributed by atoms with E-state index in [-0.39, 0.29) is 13.2 Å². The zero-order chi connectivity index (χ0) is 18.4. The molecule has 0 aromatic heterocycles. The molecule has 0 N–H and O–H groups in total. The van der Waals surface area contributed by atoms with E-state index in [0.717, 1.165) is 0 Å². The Bertz CT molecular complexity index is 586. The van der Waals surface area contributed by atoms with Gasteiger partial charge >= 0.3 is 11.9 Å². The molecule has 0 bridgehead atoms. The van der Waals surface area contributed by atoms with Crippen molar-refractivity contribution in [3.8, 4) is 0 Å². The quantitative estimate of drug-likeness (QED) is 0.499. The molecule has 3 saturated heterocycles. The van der Waals surface area contributed by atoms with E-state index in [1.807, 2.05) is 0 Å². The molecule has 25 heavy (non-hydrogen) atoms. The smallest absolute Gasteiger partial charge is 0.347 e. The first-order valence-corrected chi connectivity index (χ1v) is 8.30. The number of carbonyl (C=O) groups is 3. The van der Waals surface area contributed by atoms with Crippen LogP contribution in [0, 0.1) is 0 Å². The SMILES string of the molecule is CCOC(=O)C[C@@]1(C(=O)OCC)O[C@@H]2[C@H]3OC(C)(C)O[C@H]3O[C@@H]2C1=O. The van der Waals surface area contributed by atoms with Gasteiger partial charge in [-0.3, -0.25) is 9.59 Å². The molecule has 0 aromatic rings. The number of hydrogen-bond donors (Lipinski definition) is 0. The molecule has 3 rings (SSSR count). The number of Topliss-reactive ketones (excluding diaryl/α,β-unsaturated/α-hetero) is 1. The third-order valence-corrected chi connectivity index (χ3v) is 4.29. The molecule has 0 spiro atoms. The lowest BCUT2D eigenvalue weighted by molar-refractivity contribution is -0.210. The van der Waals surface area contributed by atoms with Gasteiger partial charge in [-0.15, -0.1) is 0 Å². The van der Waals surface area contributed by atoms with Crippen LogP contribution in [0.25, 0.3) is 0 Å². The van der Waals surface area contributed by atoms with Gasteiger partial charge in [0.2, 0.25) is 11.4 Å². The van der Waals surface area contributed by atoms with Crippen LogP contribution in [0.15, 0.2) is 0 Å². The number of esters is 2. The lowest BCUT2D eigenvalue weighted by Crippen LogP contribution is -2.50. The van der Waals surface area contributed by atoms with Crippen molar-refractivity contribution in [1.29, 1.82) is 0 Å². The molecule has 0 amide bonds. The fraction of sp³-hybridized carbons (Fsp3) is 0.812. The molecule has 0 aliphatic carbocycles. The lowest BCUT2D eigenvalue weighted by atomic mass is 9.92. The lowest BCUT2D eigenvalue weighted by Gasteiger charge is -2.26. The summed E-state index contributed by atoms with van der Waals surface area (Å²) in [4.78, 5) is 37.3. The highest BCUT2D eigenvalue weighted by molar-refractivity contribution is 6.13. The van der Waals surface area contributed by atoms with E-state index in [2.05, 4.69) is 0 Å². The van der Waals surface area contributed by atoms with Gasteiger partial charge in [0.05, 0.1) is 19.6 Å². The molecule has 3 aliphatic rings. The number of fused-ring (bicyclic) bond motifs is 3. The molecule has 0 radical (unpaired) electrons. The van der Waals surface area contributed by atoms with Crippen molar-refractivity contribution in [3.05, 3.63) is 0 Å². The fourth-order valence-electron chi connectivity index (χ4n) is 3.35. The Hall–Kier alpha value is -1.55. The maximum atomic E-state index is 12.9. The van der Waals surface area contributed by atoms with Crippen LogP contribution in [0.5, 0.6) is 0 Å². The Morgan fingerprint density at radius 2 is 1.72 bits per heavy atom. The molecule has 140 valence electrons. The van der Waals surface area contributed by atoms with Crippen LogP contribution in [0.4, 0.5) is 0 Å². The normalized spacial score (nSPS) is 38.3. The summed E-state index contributed by atoms with van der Waals surface area (Å²) in [6, 6.07) is 0. The number of carbonyl (C=O) groups excluding carboxylic acids is 3. The highest BCUT2D eigenvalue weighted by Gasteiger charge is 2.70. The summed E-state index contributed by atoms with van der Waals surface area (Å²) in [5.74, 6) is -3.24. The highest BCUT2D eigenvalue weighted by Crippen LogP contribution is 2.46. The molecule has 0 aromatic carbocycles. The summed E-state index contributed by atoms with van der Waals surface area (Å²) < 4.78 is 32.5. The molecular weight excluding hydrogens is 336 g/mol. The van der Waals surface area contributed by atoms with E-state index in [1.165, 1.54) is 0 Å². The number of hydrogen-bond acceptors (Lipinski definition) is 9. The van der Waals surface area contributed by atoms with Crippen LogP contribution >= 0.6 is 0 Å². The molecule has 3 fully saturated rings. The molecule has 9 nitrogen and oxygen atoms in total. The third-order valence-electron chi connectivity index (χ3n) is 4.29. The number of rotatable bonds is 5. The van der Waals surface area contributed by atoms with Crippen molar-refractivity contribution in [3.63, 3.8) is 0 Å². The van der Waals surface area contributed by atoms with Gasteiger partial charge in [0, 0.05) is 0 Å². The minimum Gasteiger partial charge on any atom is -0.466 e. The summed E-state index contributed by atoms with van der Waals surface area (Å²) in [7, 11) is 0. The van der Waals surface area contributed by atoms with Gasteiger partial charge in [-0.05, 0) is 27.7 Å². The first-order valence-electron chi connectivity index (χ1n) is 8.30. The standard InChI is InChI=1S/C16H22O9/c1-5-20-8(17)7-16(14(19)21-6-2)12(18)10-9(24-16)11-13(22-10)25-15(3,4)23-11/h9-11,13H,5-7H2,1-4H3/t9-,10-,11+,13+,16+/m0/s1. The summed E-state index contributed by atoms with van der Waals surface area (Å²) in [6.07, 6.45) is -3.95. The Morgan fingerprint density at radius 3 is 2.36 bits per heavy atom. The van der Waals surface area contributed by atoms with Crippen molar-refractivity contribution < 1.29 is 42.8 Å². The van der Waals surface area contributed by atoms with Gasteiger partial charge in [-0.1, -0.05) is 0 Å². The van der Waals surface area contributed by atoms with Gasteiger partial charge in [-0.25, -0.2) is 4.79 Å². The zero-order valence-electron chi connectivity index (χ0n) is 14.6. The molecule has 3 aliphatic heterocycles. The van der Waals surface area contributed by atoms with Crippen molar-refractivity contribution in [1.82, 2.24) is 0 Å². The first-order chi connectivity index (χ1) is 11.7. The largest absolute Gasteiger partial charge is 0.466 e. The average molecular weight is 358 g/mol. The summed E-state index contributed by atoms with van der Waals surface area (Å²) in [6.45, 7) is 6.79. The van der Waals surface area contributed by atoms with E-state index in [0.29, 0.717) is 0 Å². The van der Waals surface area contributed by atoms with Gasteiger partial charge in [0.25, 0.3) is 0 Å². The third kappa shape index (κ3) is 2.95. The summed E-state index contributed by atoms with van der Waals surface area (Å²) in [5, 5.41) is 0. The molecule has 9 heteroatoms. The van der Waals surface area contributed by atoms with E-state index in [1.54, 1.807) is 27.7 Å². The monoisotopic (exact) mass is 358 g/mol. The molecule has 3 heterocycles. The maximum Gasteiger partial charge on any atom is 0.347 e. The Kier molecular flexibility index (Phi) is 4.61. The molecule has 0 saturated carbocycles. The number of ketones is 1. The zero-order valence-corrected chi connectivity index (χ0v) is 14.6. The van der Waals surface area contributed by atoms with Crippen LogP contribution in [0.3, 0.4) is 0 Å². The topological polar surface area (TPSA) is 107 Å². The number of ether oxygens (including phenoxy) is 6. The van der Waals surface area contributed by atoms with Crippen molar-refractivity contribution in [2.24, 2.45) is 0 Å². The molecular formula is C16H22O9. The Morgan fingerprint density at radius 1 is 1.04 bits per heavy atom. The van der Waals surface area contributed by atoms with E-state index < -0.39 is 60.1 Å². The highest BCUT2D eigenvalue weighted by atomic mass is 16.8. The van der Waals surface area contributed by atoms with Crippen LogP contribution in [0.1, 0.15) is 34.1 Å². The predicted molar refractivity (Wildman–Crippen MR) is 79.2 cm³/mol. The first kappa shape index (κ1) is 18.2. The summed E-state index contributed by atoms with van der Waals surface area (Å²) in [5.41, 5.74) is -2.08. The van der Waals surface area contributed by atoms with Gasteiger partial charge in [0.15, 0.2) is 18.2 Å². The summed E-state index contributed by atoms with van der Waals surface area (Å²) >= 11 is 0.